The fraction of sp³-hybridized carbons (Fsp3) is 0.350. The third kappa shape index (κ3) is 4.01. The third-order valence-corrected chi connectivity index (χ3v) is 4.58. The summed E-state index contributed by atoms with van der Waals surface area (Å²) in [6, 6.07) is 14.3. The van der Waals surface area contributed by atoms with Gasteiger partial charge in [0.15, 0.2) is 0 Å². The second kappa shape index (κ2) is 7.58. The minimum absolute atomic E-state index is 0.0255. The van der Waals surface area contributed by atoms with Crippen LogP contribution in [0.4, 0.5) is 4.39 Å². The molecule has 126 valence electrons. The first kappa shape index (κ1) is 16.7. The summed E-state index contributed by atoms with van der Waals surface area (Å²) >= 11 is 0. The van der Waals surface area contributed by atoms with Gasteiger partial charge in [-0.3, -0.25) is 4.79 Å². The predicted molar refractivity (Wildman–Crippen MR) is 93.3 cm³/mol. The molecule has 1 aliphatic rings. The van der Waals surface area contributed by atoms with Crippen LogP contribution in [0.1, 0.15) is 34.3 Å². The van der Waals surface area contributed by atoms with Gasteiger partial charge in [-0.2, -0.15) is 0 Å². The van der Waals surface area contributed by atoms with Crippen LogP contribution in [0.5, 0.6) is 0 Å². The zero-order chi connectivity index (χ0) is 16.9. The first-order chi connectivity index (χ1) is 11.6. The Bertz CT molecular complexity index is 676. The number of amides is 1. The van der Waals surface area contributed by atoms with Crippen LogP contribution in [0.25, 0.3) is 0 Å². The molecule has 2 aromatic rings. The second-order valence-corrected chi connectivity index (χ2v) is 6.41. The van der Waals surface area contributed by atoms with Crippen molar-refractivity contribution in [3.05, 3.63) is 71.0 Å². The summed E-state index contributed by atoms with van der Waals surface area (Å²) in [7, 11) is 0. The number of hydrogen-bond donors (Lipinski definition) is 1. The molecule has 3 nitrogen and oxygen atoms in total. The minimum atomic E-state index is -0.321. The quantitative estimate of drug-likeness (QED) is 0.932. The van der Waals surface area contributed by atoms with Crippen molar-refractivity contribution >= 4 is 5.91 Å². The van der Waals surface area contributed by atoms with Crippen LogP contribution in [0, 0.1) is 12.7 Å². The zero-order valence-electron chi connectivity index (χ0n) is 14.0. The van der Waals surface area contributed by atoms with E-state index in [2.05, 4.69) is 36.5 Å². The van der Waals surface area contributed by atoms with Crippen molar-refractivity contribution < 1.29 is 9.18 Å². The van der Waals surface area contributed by atoms with E-state index in [1.54, 1.807) is 12.1 Å². The lowest BCUT2D eigenvalue weighted by molar-refractivity contribution is 0.0623. The van der Waals surface area contributed by atoms with Gasteiger partial charge >= 0.3 is 0 Å². The summed E-state index contributed by atoms with van der Waals surface area (Å²) in [6.07, 6.45) is 1.89. The molecule has 24 heavy (non-hydrogen) atoms. The molecule has 0 spiro atoms. The lowest BCUT2D eigenvalue weighted by Gasteiger charge is -2.35. The Balaban J connectivity index is 1.84. The van der Waals surface area contributed by atoms with Crippen molar-refractivity contribution in [3.63, 3.8) is 0 Å². The molecule has 0 aromatic heterocycles. The topological polar surface area (TPSA) is 32.3 Å². The molecule has 1 fully saturated rings. The number of nitrogens with one attached hydrogen (secondary N) is 1. The number of aryl methyl sites for hydroxylation is 1. The van der Waals surface area contributed by atoms with E-state index < -0.39 is 0 Å². The van der Waals surface area contributed by atoms with Gasteiger partial charge in [0.25, 0.3) is 5.91 Å². The standard InChI is InChI=1S/C20H23FN2O/c1-15-2-4-16(5-3-15)14-23(19-10-12-22-13-11-19)20(24)17-6-8-18(21)9-7-17/h2-9,19,22H,10-14H2,1H3. The average Bonchev–Trinajstić information content (AvgIpc) is 2.62. The molecule has 0 saturated carbocycles. The Kier molecular flexibility index (Phi) is 5.26. The van der Waals surface area contributed by atoms with Gasteiger partial charge in [-0.15, -0.1) is 0 Å². The van der Waals surface area contributed by atoms with Crippen molar-refractivity contribution in [2.45, 2.75) is 32.4 Å². The van der Waals surface area contributed by atoms with Gasteiger partial charge in [-0.1, -0.05) is 29.8 Å². The molecule has 1 aliphatic heterocycles. The van der Waals surface area contributed by atoms with E-state index in [0.29, 0.717) is 12.1 Å². The van der Waals surface area contributed by atoms with E-state index in [0.717, 1.165) is 31.5 Å². The highest BCUT2D eigenvalue weighted by Crippen LogP contribution is 2.19. The van der Waals surface area contributed by atoms with Crippen molar-refractivity contribution in [3.8, 4) is 0 Å². The highest BCUT2D eigenvalue weighted by molar-refractivity contribution is 5.94. The lowest BCUT2D eigenvalue weighted by atomic mass is 10.0. The van der Waals surface area contributed by atoms with E-state index in [9.17, 15) is 9.18 Å². The van der Waals surface area contributed by atoms with Crippen LogP contribution in [0.3, 0.4) is 0 Å². The summed E-state index contributed by atoms with van der Waals surface area (Å²) in [5.74, 6) is -0.346. The number of piperidine rings is 1. The number of halogens is 1. The second-order valence-electron chi connectivity index (χ2n) is 6.41. The number of carbonyl (C=O) groups excluding carboxylic acids is 1. The molecule has 0 bridgehead atoms. The molecular weight excluding hydrogens is 303 g/mol. The summed E-state index contributed by atoms with van der Waals surface area (Å²) in [5, 5.41) is 3.34. The molecule has 0 unspecified atom stereocenters. The van der Waals surface area contributed by atoms with Crippen LogP contribution in [-0.4, -0.2) is 29.9 Å². The Labute approximate surface area is 142 Å². The molecule has 0 radical (unpaired) electrons. The van der Waals surface area contributed by atoms with Crippen molar-refractivity contribution in [1.29, 1.82) is 0 Å². The van der Waals surface area contributed by atoms with Crippen molar-refractivity contribution in [2.75, 3.05) is 13.1 Å². The van der Waals surface area contributed by atoms with E-state index in [4.69, 9.17) is 0 Å². The molecule has 1 heterocycles. The van der Waals surface area contributed by atoms with Crippen molar-refractivity contribution in [1.82, 2.24) is 10.2 Å². The summed E-state index contributed by atoms with van der Waals surface area (Å²) in [5.41, 5.74) is 2.87. The monoisotopic (exact) mass is 326 g/mol. The summed E-state index contributed by atoms with van der Waals surface area (Å²) in [4.78, 5) is 15.0. The van der Waals surface area contributed by atoms with E-state index in [1.807, 2.05) is 4.90 Å². The minimum Gasteiger partial charge on any atom is -0.331 e. The van der Waals surface area contributed by atoms with E-state index in [-0.39, 0.29) is 17.8 Å². The molecule has 1 N–H and O–H groups in total. The van der Waals surface area contributed by atoms with Gasteiger partial charge < -0.3 is 10.2 Å². The molecule has 3 rings (SSSR count). The Morgan fingerprint density at radius 1 is 1.08 bits per heavy atom. The van der Waals surface area contributed by atoms with Crippen LogP contribution in [0.15, 0.2) is 48.5 Å². The molecule has 4 heteroatoms. The van der Waals surface area contributed by atoms with Gasteiger partial charge in [0, 0.05) is 18.2 Å². The van der Waals surface area contributed by atoms with Gasteiger partial charge in [-0.25, -0.2) is 4.39 Å². The first-order valence-corrected chi connectivity index (χ1v) is 8.46. The fourth-order valence-corrected chi connectivity index (χ4v) is 3.13. The number of rotatable bonds is 4. The van der Waals surface area contributed by atoms with Crippen LogP contribution < -0.4 is 5.32 Å². The molecule has 0 aliphatic carbocycles. The van der Waals surface area contributed by atoms with Gasteiger partial charge in [0.1, 0.15) is 5.82 Å². The lowest BCUT2D eigenvalue weighted by Crippen LogP contribution is -2.45. The maximum absolute atomic E-state index is 13.2. The predicted octanol–water partition coefficient (Wildman–Crippen LogP) is 3.53. The highest BCUT2D eigenvalue weighted by Gasteiger charge is 2.26. The number of benzene rings is 2. The average molecular weight is 326 g/mol. The molecule has 1 amide bonds. The maximum atomic E-state index is 13.2. The number of carbonyl (C=O) groups is 1. The smallest absolute Gasteiger partial charge is 0.254 e. The van der Waals surface area contributed by atoms with Gasteiger partial charge in [-0.05, 0) is 62.7 Å². The molecule has 2 aromatic carbocycles. The zero-order valence-corrected chi connectivity index (χ0v) is 14.0. The highest BCUT2D eigenvalue weighted by atomic mass is 19.1. The third-order valence-electron chi connectivity index (χ3n) is 4.58. The van der Waals surface area contributed by atoms with E-state index in [1.165, 1.54) is 17.7 Å². The van der Waals surface area contributed by atoms with Gasteiger partial charge in [0.05, 0.1) is 0 Å². The molecular formula is C20H23FN2O. The largest absolute Gasteiger partial charge is 0.331 e. The van der Waals surface area contributed by atoms with Crippen LogP contribution >= 0.6 is 0 Å². The Morgan fingerprint density at radius 3 is 2.33 bits per heavy atom. The Morgan fingerprint density at radius 2 is 1.71 bits per heavy atom. The SMILES string of the molecule is Cc1ccc(CN(C(=O)c2ccc(F)cc2)C2CCNCC2)cc1. The number of hydrogen-bond acceptors (Lipinski definition) is 2. The Hall–Kier alpha value is -2.20. The number of nitrogens with zero attached hydrogens (tertiary/aromatic N) is 1. The van der Waals surface area contributed by atoms with Crippen molar-refractivity contribution in [2.24, 2.45) is 0 Å². The molecule has 1 saturated heterocycles. The summed E-state index contributed by atoms with van der Waals surface area (Å²) < 4.78 is 13.2. The normalized spacial score (nSPS) is 15.2. The van der Waals surface area contributed by atoms with Gasteiger partial charge in [0.2, 0.25) is 0 Å². The van der Waals surface area contributed by atoms with Crippen LogP contribution in [0.2, 0.25) is 0 Å². The maximum Gasteiger partial charge on any atom is 0.254 e. The summed E-state index contributed by atoms with van der Waals surface area (Å²) in [6.45, 7) is 4.48. The first-order valence-electron chi connectivity index (χ1n) is 8.46. The fourth-order valence-electron chi connectivity index (χ4n) is 3.13. The molecule has 0 atom stereocenters. The van der Waals surface area contributed by atoms with Crippen LogP contribution in [-0.2, 0) is 6.54 Å². The van der Waals surface area contributed by atoms with E-state index >= 15 is 0 Å².